The summed E-state index contributed by atoms with van der Waals surface area (Å²) in [6.45, 7) is 9.36. The Labute approximate surface area is 213 Å². The molecule has 1 atom stereocenters. The van der Waals surface area contributed by atoms with Gasteiger partial charge in [-0.3, -0.25) is 5.43 Å². The topological polar surface area (TPSA) is 63.4 Å². The van der Waals surface area contributed by atoms with E-state index in [4.69, 9.17) is 18.0 Å². The van der Waals surface area contributed by atoms with E-state index in [0.29, 0.717) is 17.3 Å². The molecular formula is C26H36FN7S. The number of hydrogen-bond acceptors (Lipinski definition) is 6. The van der Waals surface area contributed by atoms with E-state index < -0.39 is 0 Å². The average Bonchev–Trinajstić information content (AvgIpc) is 3.32. The molecule has 0 amide bonds. The standard InChI is InChI=1S/C26H36FN7S/c1-18-6-5-7-23(19(18)2)32-10-12-33(13-11-32)25-15-24(34-9-8-21(17-34)31(3)4)20(14-22(25)27)16-29-30-26(28)35/h5-7,14-16,21H,8-13,17H2,1-4H3,(H3,28,30,35)/b29-16+/t21-/m1/s1. The Hall–Kier alpha value is -2.91. The Morgan fingerprint density at radius 3 is 2.37 bits per heavy atom. The first kappa shape index (κ1) is 25.2. The van der Waals surface area contributed by atoms with E-state index in [-0.39, 0.29) is 10.9 Å². The maximum absolute atomic E-state index is 15.4. The summed E-state index contributed by atoms with van der Waals surface area (Å²) in [5.41, 5.74) is 14.3. The zero-order valence-electron chi connectivity index (χ0n) is 21.1. The first-order chi connectivity index (χ1) is 16.7. The molecule has 2 aromatic rings. The second-order valence-electron chi connectivity index (χ2n) is 9.64. The molecule has 0 aromatic heterocycles. The summed E-state index contributed by atoms with van der Waals surface area (Å²) in [5.74, 6) is -0.242. The molecule has 2 aliphatic rings. The van der Waals surface area contributed by atoms with Crippen LogP contribution < -0.4 is 25.9 Å². The quantitative estimate of drug-likeness (QED) is 0.361. The number of anilines is 3. The summed E-state index contributed by atoms with van der Waals surface area (Å²) in [7, 11) is 4.21. The van der Waals surface area contributed by atoms with Crippen LogP contribution in [0.4, 0.5) is 21.5 Å². The summed E-state index contributed by atoms with van der Waals surface area (Å²) >= 11 is 4.84. The van der Waals surface area contributed by atoms with Crippen LogP contribution in [0.15, 0.2) is 35.4 Å². The van der Waals surface area contributed by atoms with Gasteiger partial charge in [0.25, 0.3) is 0 Å². The number of nitrogens with zero attached hydrogens (tertiary/aromatic N) is 5. The fourth-order valence-corrected chi connectivity index (χ4v) is 5.05. The van der Waals surface area contributed by atoms with Crippen molar-refractivity contribution in [1.29, 1.82) is 0 Å². The van der Waals surface area contributed by atoms with Gasteiger partial charge in [0.05, 0.1) is 11.9 Å². The number of nitrogens with one attached hydrogen (secondary N) is 1. The summed E-state index contributed by atoms with van der Waals surface area (Å²) in [6.07, 6.45) is 2.67. The third-order valence-electron chi connectivity index (χ3n) is 7.25. The highest BCUT2D eigenvalue weighted by molar-refractivity contribution is 7.80. The third kappa shape index (κ3) is 5.67. The number of halogens is 1. The number of hydrogen-bond donors (Lipinski definition) is 2. The molecule has 0 spiro atoms. The Balaban J connectivity index is 1.57. The van der Waals surface area contributed by atoms with Crippen molar-refractivity contribution < 1.29 is 4.39 Å². The van der Waals surface area contributed by atoms with Crippen molar-refractivity contribution in [3.63, 3.8) is 0 Å². The van der Waals surface area contributed by atoms with Gasteiger partial charge in [-0.2, -0.15) is 5.10 Å². The van der Waals surface area contributed by atoms with Crippen LogP contribution in [0, 0.1) is 19.7 Å². The molecule has 0 bridgehead atoms. The zero-order valence-corrected chi connectivity index (χ0v) is 21.9. The molecule has 0 radical (unpaired) electrons. The first-order valence-corrected chi connectivity index (χ1v) is 12.5. The molecule has 0 aliphatic carbocycles. The summed E-state index contributed by atoms with van der Waals surface area (Å²) in [4.78, 5) is 9.14. The minimum absolute atomic E-state index is 0.0791. The first-order valence-electron chi connectivity index (χ1n) is 12.1. The molecule has 2 fully saturated rings. The molecule has 9 heteroatoms. The lowest BCUT2D eigenvalue weighted by molar-refractivity contribution is 0.315. The van der Waals surface area contributed by atoms with Crippen LogP contribution >= 0.6 is 12.2 Å². The fourth-order valence-electron chi connectivity index (χ4n) is 5.00. The molecule has 2 heterocycles. The van der Waals surface area contributed by atoms with Gasteiger partial charge >= 0.3 is 0 Å². The van der Waals surface area contributed by atoms with Gasteiger partial charge in [0.2, 0.25) is 0 Å². The molecule has 7 nitrogen and oxygen atoms in total. The largest absolute Gasteiger partial charge is 0.375 e. The van der Waals surface area contributed by atoms with Gasteiger partial charge in [0.1, 0.15) is 5.82 Å². The van der Waals surface area contributed by atoms with E-state index in [9.17, 15) is 0 Å². The van der Waals surface area contributed by atoms with Gasteiger partial charge in [-0.15, -0.1) is 0 Å². The van der Waals surface area contributed by atoms with Gasteiger partial charge < -0.3 is 25.3 Å². The highest BCUT2D eigenvalue weighted by atomic mass is 32.1. The number of hydrazone groups is 1. The number of piperazine rings is 1. The van der Waals surface area contributed by atoms with Crippen LogP contribution in [0.25, 0.3) is 0 Å². The SMILES string of the molecule is Cc1cccc(N2CCN(c3cc(N4CC[C@@H](N(C)C)C4)c(/C=N/NC(N)=S)cc3F)CC2)c1C. The van der Waals surface area contributed by atoms with Crippen LogP contribution in [0.5, 0.6) is 0 Å². The second-order valence-corrected chi connectivity index (χ2v) is 10.1. The Bertz CT molecular complexity index is 1100. The molecule has 2 aromatic carbocycles. The molecule has 35 heavy (non-hydrogen) atoms. The predicted molar refractivity (Wildman–Crippen MR) is 149 cm³/mol. The van der Waals surface area contributed by atoms with Crippen LogP contribution in [0.2, 0.25) is 0 Å². The highest BCUT2D eigenvalue weighted by Crippen LogP contribution is 2.33. The fraction of sp³-hybridized carbons (Fsp3) is 0.462. The molecular weight excluding hydrogens is 461 g/mol. The molecule has 4 rings (SSSR count). The Kier molecular flexibility index (Phi) is 7.76. The van der Waals surface area contributed by atoms with E-state index in [1.807, 2.05) is 6.07 Å². The lowest BCUT2D eigenvalue weighted by Gasteiger charge is -2.38. The van der Waals surface area contributed by atoms with Crippen molar-refractivity contribution in [2.24, 2.45) is 10.8 Å². The van der Waals surface area contributed by atoms with E-state index in [2.05, 4.69) is 76.3 Å². The Morgan fingerprint density at radius 2 is 1.74 bits per heavy atom. The van der Waals surface area contributed by atoms with Crippen molar-refractivity contribution in [3.8, 4) is 0 Å². The summed E-state index contributed by atoms with van der Waals surface area (Å²) in [5, 5.41) is 4.18. The van der Waals surface area contributed by atoms with Crippen LogP contribution in [-0.4, -0.2) is 75.6 Å². The smallest absolute Gasteiger partial charge is 0.184 e. The van der Waals surface area contributed by atoms with Crippen molar-refractivity contribution in [3.05, 3.63) is 52.8 Å². The van der Waals surface area contributed by atoms with E-state index >= 15 is 4.39 Å². The van der Waals surface area contributed by atoms with E-state index in [1.54, 1.807) is 12.3 Å². The lowest BCUT2D eigenvalue weighted by Crippen LogP contribution is -2.47. The van der Waals surface area contributed by atoms with Crippen molar-refractivity contribution in [2.75, 3.05) is 68.1 Å². The molecule has 0 unspecified atom stereocenters. The van der Waals surface area contributed by atoms with Crippen LogP contribution in [0.3, 0.4) is 0 Å². The molecule has 3 N–H and O–H groups in total. The average molecular weight is 498 g/mol. The van der Waals surface area contributed by atoms with Gasteiger partial charge in [0, 0.05) is 62.2 Å². The Morgan fingerprint density at radius 1 is 1.06 bits per heavy atom. The summed E-state index contributed by atoms with van der Waals surface area (Å²) in [6, 6.07) is 10.5. The number of likely N-dealkylation sites (N-methyl/N-ethyl adjacent to an activating group) is 1. The minimum Gasteiger partial charge on any atom is -0.375 e. The number of thiocarbonyl (C=S) groups is 1. The molecule has 2 saturated heterocycles. The van der Waals surface area contributed by atoms with Crippen molar-refractivity contribution in [1.82, 2.24) is 10.3 Å². The number of rotatable bonds is 6. The third-order valence-corrected chi connectivity index (χ3v) is 7.34. The van der Waals surface area contributed by atoms with Crippen molar-refractivity contribution in [2.45, 2.75) is 26.3 Å². The molecule has 0 saturated carbocycles. The monoisotopic (exact) mass is 497 g/mol. The van der Waals surface area contributed by atoms with Gasteiger partial charge in [-0.25, -0.2) is 4.39 Å². The van der Waals surface area contributed by atoms with Gasteiger partial charge in [-0.05, 0) is 75.9 Å². The van der Waals surface area contributed by atoms with Crippen molar-refractivity contribution >= 4 is 40.6 Å². The minimum atomic E-state index is -0.242. The number of nitrogens with two attached hydrogens (primary N) is 1. The lowest BCUT2D eigenvalue weighted by atomic mass is 10.1. The highest BCUT2D eigenvalue weighted by Gasteiger charge is 2.28. The second kappa shape index (κ2) is 10.8. The zero-order chi connectivity index (χ0) is 25.1. The van der Waals surface area contributed by atoms with Gasteiger partial charge in [-0.1, -0.05) is 12.1 Å². The normalized spacial score (nSPS) is 18.7. The van der Waals surface area contributed by atoms with E-state index in [1.165, 1.54) is 16.8 Å². The van der Waals surface area contributed by atoms with Gasteiger partial charge in [0.15, 0.2) is 5.11 Å². The predicted octanol–water partition coefficient (Wildman–Crippen LogP) is 3.08. The van der Waals surface area contributed by atoms with E-state index in [0.717, 1.165) is 51.4 Å². The number of aryl methyl sites for hydroxylation is 1. The maximum Gasteiger partial charge on any atom is 0.184 e. The summed E-state index contributed by atoms with van der Waals surface area (Å²) < 4.78 is 15.4. The number of benzene rings is 2. The maximum atomic E-state index is 15.4. The molecule has 188 valence electrons. The van der Waals surface area contributed by atoms with Crippen LogP contribution in [-0.2, 0) is 0 Å². The molecule has 2 aliphatic heterocycles. The van der Waals surface area contributed by atoms with Crippen LogP contribution in [0.1, 0.15) is 23.1 Å².